The molecule has 0 spiro atoms. The van der Waals surface area contributed by atoms with Crippen LogP contribution in [0, 0.1) is 5.92 Å². The Hall–Kier alpha value is -1.96. The third kappa shape index (κ3) is 4.54. The molecule has 0 aliphatic carbocycles. The lowest BCUT2D eigenvalue weighted by Gasteiger charge is -2.36. The second kappa shape index (κ2) is 8.59. The van der Waals surface area contributed by atoms with Gasteiger partial charge in [-0.3, -0.25) is 9.69 Å². The van der Waals surface area contributed by atoms with Gasteiger partial charge in [-0.2, -0.15) is 4.31 Å². The van der Waals surface area contributed by atoms with Crippen molar-refractivity contribution >= 4 is 26.7 Å². The highest BCUT2D eigenvalue weighted by Crippen LogP contribution is 2.23. The first kappa shape index (κ1) is 20.8. The number of nitrogens with zero attached hydrogens (tertiary/aromatic N) is 2. The summed E-state index contributed by atoms with van der Waals surface area (Å²) >= 11 is 0. The van der Waals surface area contributed by atoms with Crippen LogP contribution >= 0.6 is 0 Å². The van der Waals surface area contributed by atoms with Crippen molar-refractivity contribution in [2.24, 2.45) is 5.92 Å². The van der Waals surface area contributed by atoms with Crippen molar-refractivity contribution in [3.63, 3.8) is 0 Å². The molecule has 6 nitrogen and oxygen atoms in total. The fourth-order valence-corrected chi connectivity index (χ4v) is 4.88. The number of piperazine rings is 1. The van der Waals surface area contributed by atoms with Crippen LogP contribution in [0.1, 0.15) is 20.8 Å². The number of hydrogen-bond donors (Lipinski definition) is 1. The molecule has 1 saturated heterocycles. The molecule has 1 heterocycles. The molecule has 1 N–H and O–H groups in total. The molecule has 1 aliphatic heterocycles. The summed E-state index contributed by atoms with van der Waals surface area (Å²) in [6.45, 7) is 8.51. The molecule has 0 unspecified atom stereocenters. The van der Waals surface area contributed by atoms with Crippen molar-refractivity contribution < 1.29 is 13.2 Å². The summed E-state index contributed by atoms with van der Waals surface area (Å²) in [5, 5.41) is 4.89. The molecule has 0 saturated carbocycles. The van der Waals surface area contributed by atoms with Crippen molar-refractivity contribution in [1.82, 2.24) is 14.5 Å². The minimum atomic E-state index is -3.54. The summed E-state index contributed by atoms with van der Waals surface area (Å²) in [4.78, 5) is 14.7. The standard InChI is InChI=1S/C21H29N3O3S/c1-16(2)15-22-21(25)17(3)23-10-12-24(13-11-23)28(26,27)20-9-8-18-6-4-5-7-19(18)14-20/h4-9,14,16-17H,10-13,15H2,1-3H3,(H,22,25)/t17-/m1/s1. The number of sulfonamides is 1. The van der Waals surface area contributed by atoms with E-state index in [0.29, 0.717) is 43.5 Å². The van der Waals surface area contributed by atoms with E-state index in [1.807, 2.05) is 42.2 Å². The SMILES string of the molecule is CC(C)CNC(=O)[C@@H](C)N1CCN(S(=O)(=O)c2ccc3ccccc3c2)CC1. The van der Waals surface area contributed by atoms with Gasteiger partial charge in [0.1, 0.15) is 0 Å². The molecule has 0 aromatic heterocycles. The molecule has 0 radical (unpaired) electrons. The summed E-state index contributed by atoms with van der Waals surface area (Å²) in [5.74, 6) is 0.402. The summed E-state index contributed by atoms with van der Waals surface area (Å²) < 4.78 is 27.6. The third-order valence-corrected chi connectivity index (χ3v) is 7.14. The van der Waals surface area contributed by atoms with Gasteiger partial charge in [0.15, 0.2) is 0 Å². The number of carbonyl (C=O) groups is 1. The zero-order valence-corrected chi connectivity index (χ0v) is 17.6. The predicted molar refractivity (Wildman–Crippen MR) is 112 cm³/mol. The maximum atomic E-state index is 13.0. The fourth-order valence-electron chi connectivity index (χ4n) is 3.43. The van der Waals surface area contributed by atoms with Crippen molar-refractivity contribution in [1.29, 1.82) is 0 Å². The van der Waals surface area contributed by atoms with Crippen LogP contribution in [-0.2, 0) is 14.8 Å². The average Bonchev–Trinajstić information content (AvgIpc) is 2.71. The maximum absolute atomic E-state index is 13.0. The normalized spacial score (nSPS) is 17.7. The van der Waals surface area contributed by atoms with Gasteiger partial charge in [-0.15, -0.1) is 0 Å². The molecule has 2 aromatic carbocycles. The minimum Gasteiger partial charge on any atom is -0.354 e. The van der Waals surface area contributed by atoms with E-state index in [-0.39, 0.29) is 11.9 Å². The van der Waals surface area contributed by atoms with Gasteiger partial charge < -0.3 is 5.32 Å². The van der Waals surface area contributed by atoms with E-state index in [2.05, 4.69) is 19.2 Å². The van der Waals surface area contributed by atoms with Gasteiger partial charge in [-0.25, -0.2) is 8.42 Å². The Morgan fingerprint density at radius 3 is 2.29 bits per heavy atom. The van der Waals surface area contributed by atoms with Crippen LogP contribution in [0.2, 0.25) is 0 Å². The molecule has 152 valence electrons. The smallest absolute Gasteiger partial charge is 0.243 e. The number of rotatable bonds is 6. The van der Waals surface area contributed by atoms with Gasteiger partial charge in [0.25, 0.3) is 0 Å². The van der Waals surface area contributed by atoms with E-state index in [0.717, 1.165) is 10.8 Å². The molecule has 7 heteroatoms. The molecular formula is C21H29N3O3S. The quantitative estimate of drug-likeness (QED) is 0.804. The molecule has 1 fully saturated rings. The molecular weight excluding hydrogens is 374 g/mol. The molecule has 28 heavy (non-hydrogen) atoms. The van der Waals surface area contributed by atoms with Gasteiger partial charge in [0.05, 0.1) is 10.9 Å². The van der Waals surface area contributed by atoms with Gasteiger partial charge in [0, 0.05) is 32.7 Å². The van der Waals surface area contributed by atoms with Crippen LogP contribution < -0.4 is 5.32 Å². The topological polar surface area (TPSA) is 69.7 Å². The van der Waals surface area contributed by atoms with E-state index < -0.39 is 10.0 Å². The third-order valence-electron chi connectivity index (χ3n) is 5.24. The minimum absolute atomic E-state index is 0.000429. The van der Waals surface area contributed by atoms with Gasteiger partial charge in [-0.05, 0) is 35.7 Å². The molecule has 0 bridgehead atoms. The lowest BCUT2D eigenvalue weighted by Crippen LogP contribution is -2.55. The molecule has 1 aliphatic rings. The van der Waals surface area contributed by atoms with E-state index in [1.54, 1.807) is 12.1 Å². The highest BCUT2D eigenvalue weighted by molar-refractivity contribution is 7.89. The summed E-state index contributed by atoms with van der Waals surface area (Å²) in [6.07, 6.45) is 0. The second-order valence-electron chi connectivity index (χ2n) is 7.76. The number of benzene rings is 2. The zero-order chi connectivity index (χ0) is 20.3. The van der Waals surface area contributed by atoms with Crippen molar-refractivity contribution in [3.8, 4) is 0 Å². The lowest BCUT2D eigenvalue weighted by molar-refractivity contribution is -0.126. The molecule has 3 rings (SSSR count). The van der Waals surface area contributed by atoms with Crippen LogP contribution in [0.15, 0.2) is 47.4 Å². The Labute approximate surface area is 167 Å². The summed E-state index contributed by atoms with van der Waals surface area (Å²) in [6, 6.07) is 12.7. The van der Waals surface area contributed by atoms with Crippen LogP contribution in [0.3, 0.4) is 0 Å². The number of amides is 1. The van der Waals surface area contributed by atoms with Crippen LogP contribution in [-0.4, -0.2) is 62.3 Å². The van der Waals surface area contributed by atoms with Crippen molar-refractivity contribution in [2.45, 2.75) is 31.7 Å². The number of fused-ring (bicyclic) bond motifs is 1. The molecule has 1 amide bonds. The summed E-state index contributed by atoms with van der Waals surface area (Å²) in [7, 11) is -3.54. The predicted octanol–water partition coefficient (Wildman–Crippen LogP) is 2.31. The lowest BCUT2D eigenvalue weighted by atomic mass is 10.1. The second-order valence-corrected chi connectivity index (χ2v) is 9.70. The number of hydrogen-bond acceptors (Lipinski definition) is 4. The van der Waals surface area contributed by atoms with Crippen LogP contribution in [0.25, 0.3) is 10.8 Å². The Morgan fingerprint density at radius 1 is 1.00 bits per heavy atom. The Balaban J connectivity index is 1.65. The van der Waals surface area contributed by atoms with Gasteiger partial charge in [0.2, 0.25) is 15.9 Å². The Bertz CT molecular complexity index is 935. The van der Waals surface area contributed by atoms with E-state index in [4.69, 9.17) is 0 Å². The van der Waals surface area contributed by atoms with Crippen molar-refractivity contribution in [3.05, 3.63) is 42.5 Å². The Morgan fingerprint density at radius 2 is 1.64 bits per heavy atom. The average molecular weight is 404 g/mol. The summed E-state index contributed by atoms with van der Waals surface area (Å²) in [5.41, 5.74) is 0. The molecule has 2 aromatic rings. The number of nitrogens with one attached hydrogen (secondary N) is 1. The first-order valence-corrected chi connectivity index (χ1v) is 11.2. The largest absolute Gasteiger partial charge is 0.354 e. The highest BCUT2D eigenvalue weighted by atomic mass is 32.2. The van der Waals surface area contributed by atoms with Crippen LogP contribution in [0.5, 0.6) is 0 Å². The van der Waals surface area contributed by atoms with Gasteiger partial charge >= 0.3 is 0 Å². The Kier molecular flexibility index (Phi) is 6.37. The van der Waals surface area contributed by atoms with Crippen molar-refractivity contribution in [2.75, 3.05) is 32.7 Å². The van der Waals surface area contributed by atoms with Crippen LogP contribution in [0.4, 0.5) is 0 Å². The van der Waals surface area contributed by atoms with E-state index in [1.165, 1.54) is 4.31 Å². The fraction of sp³-hybridized carbons (Fsp3) is 0.476. The van der Waals surface area contributed by atoms with E-state index >= 15 is 0 Å². The zero-order valence-electron chi connectivity index (χ0n) is 16.8. The van der Waals surface area contributed by atoms with Gasteiger partial charge in [-0.1, -0.05) is 44.2 Å². The van der Waals surface area contributed by atoms with E-state index in [9.17, 15) is 13.2 Å². The number of carbonyl (C=O) groups excluding carboxylic acids is 1. The maximum Gasteiger partial charge on any atom is 0.243 e. The highest BCUT2D eigenvalue weighted by Gasteiger charge is 2.31. The first-order chi connectivity index (χ1) is 13.3. The molecule has 1 atom stereocenters. The monoisotopic (exact) mass is 403 g/mol. The first-order valence-electron chi connectivity index (χ1n) is 9.80.